The maximum Gasteiger partial charge on any atom is 0.310 e. The number of fused-ring (bicyclic) bond motifs is 1. The van der Waals surface area contributed by atoms with Crippen LogP contribution in [0.5, 0.6) is 0 Å². The predicted octanol–water partition coefficient (Wildman–Crippen LogP) is 3.30. The molecule has 4 heteroatoms. The van der Waals surface area contributed by atoms with E-state index in [9.17, 15) is 4.79 Å². The molecule has 1 saturated heterocycles. The van der Waals surface area contributed by atoms with Crippen molar-refractivity contribution in [2.45, 2.75) is 45.6 Å². The van der Waals surface area contributed by atoms with Crippen LogP contribution in [-0.2, 0) is 9.53 Å². The fraction of sp³-hybridized carbons (Fsp3) is 0.706. The highest BCUT2D eigenvalue weighted by Gasteiger charge is 2.42. The van der Waals surface area contributed by atoms with Crippen molar-refractivity contribution in [1.29, 1.82) is 0 Å². The highest BCUT2D eigenvalue weighted by atomic mass is 32.2. The first-order valence-electron chi connectivity index (χ1n) is 7.93. The fourth-order valence-corrected chi connectivity index (χ4v) is 4.10. The summed E-state index contributed by atoms with van der Waals surface area (Å²) in [4.78, 5) is 12.2. The molecule has 118 valence electrons. The van der Waals surface area contributed by atoms with Crippen molar-refractivity contribution >= 4 is 17.7 Å². The highest BCUT2D eigenvalue weighted by molar-refractivity contribution is 7.99. The van der Waals surface area contributed by atoms with E-state index in [0.29, 0.717) is 12.5 Å². The molecule has 3 nitrogen and oxygen atoms in total. The summed E-state index contributed by atoms with van der Waals surface area (Å²) in [5.74, 6) is 2.09. The van der Waals surface area contributed by atoms with E-state index in [1.54, 1.807) is 11.8 Å². The molecule has 2 N–H and O–H groups in total. The Morgan fingerprint density at radius 1 is 1.33 bits per heavy atom. The van der Waals surface area contributed by atoms with Crippen molar-refractivity contribution in [2.24, 2.45) is 17.6 Å². The molecule has 0 amide bonds. The van der Waals surface area contributed by atoms with Crippen LogP contribution in [0, 0.1) is 11.8 Å². The predicted molar refractivity (Wildman–Crippen MR) is 89.2 cm³/mol. The molecule has 1 heterocycles. The van der Waals surface area contributed by atoms with Gasteiger partial charge in [0.05, 0.1) is 5.92 Å². The highest BCUT2D eigenvalue weighted by Crippen LogP contribution is 2.37. The van der Waals surface area contributed by atoms with Gasteiger partial charge >= 0.3 is 5.97 Å². The van der Waals surface area contributed by atoms with E-state index < -0.39 is 0 Å². The number of nitrogens with two attached hydrogens (primary N) is 1. The van der Waals surface area contributed by atoms with Crippen LogP contribution >= 0.6 is 11.8 Å². The van der Waals surface area contributed by atoms with Crippen molar-refractivity contribution in [3.63, 3.8) is 0 Å². The van der Waals surface area contributed by atoms with Gasteiger partial charge in [-0.25, -0.2) is 0 Å². The number of hydrogen-bond donors (Lipinski definition) is 1. The average Bonchev–Trinajstić information content (AvgIpc) is 2.72. The Balaban J connectivity index is 2.11. The summed E-state index contributed by atoms with van der Waals surface area (Å²) >= 11 is 1.77. The lowest BCUT2D eigenvalue weighted by atomic mass is 9.84. The van der Waals surface area contributed by atoms with Gasteiger partial charge in [0, 0.05) is 24.0 Å². The summed E-state index contributed by atoms with van der Waals surface area (Å²) < 4.78 is 5.67. The zero-order valence-electron chi connectivity index (χ0n) is 13.1. The van der Waals surface area contributed by atoms with Gasteiger partial charge in [0.25, 0.3) is 0 Å². The fourth-order valence-electron chi connectivity index (χ4n) is 3.13. The summed E-state index contributed by atoms with van der Waals surface area (Å²) in [5, 5.41) is 0. The maximum atomic E-state index is 12.2. The van der Waals surface area contributed by atoms with E-state index in [-0.39, 0.29) is 18.0 Å². The van der Waals surface area contributed by atoms with Crippen molar-refractivity contribution in [3.05, 3.63) is 23.3 Å². The smallest absolute Gasteiger partial charge is 0.310 e. The van der Waals surface area contributed by atoms with E-state index in [0.717, 1.165) is 37.2 Å². The van der Waals surface area contributed by atoms with Gasteiger partial charge < -0.3 is 10.5 Å². The number of ether oxygens (including phenoxy) is 1. The SMILES string of the molecule is C/C1=C\[C@H]2OC(=O)[C@@H](CSCCN)[C@@H]2CC/C(C)=C/CC1. The van der Waals surface area contributed by atoms with E-state index in [1.165, 1.54) is 11.1 Å². The molecule has 0 aromatic heterocycles. The minimum atomic E-state index is -0.0214. The van der Waals surface area contributed by atoms with Crippen molar-refractivity contribution in [2.75, 3.05) is 18.1 Å². The monoisotopic (exact) mass is 309 g/mol. The van der Waals surface area contributed by atoms with Crippen LogP contribution in [0.4, 0.5) is 0 Å². The van der Waals surface area contributed by atoms with Crippen LogP contribution in [0.1, 0.15) is 39.5 Å². The molecule has 2 rings (SSSR count). The van der Waals surface area contributed by atoms with Crippen LogP contribution < -0.4 is 5.73 Å². The van der Waals surface area contributed by atoms with Crippen LogP contribution in [0.15, 0.2) is 23.3 Å². The third-order valence-corrected chi connectivity index (χ3v) is 5.52. The topological polar surface area (TPSA) is 52.3 Å². The molecular formula is C17H27NO2S. The molecule has 1 fully saturated rings. The first kappa shape index (κ1) is 16.6. The Kier molecular flexibility index (Phi) is 6.37. The van der Waals surface area contributed by atoms with Gasteiger partial charge in [-0.05, 0) is 45.6 Å². The number of allylic oxidation sites excluding steroid dienone is 3. The Hall–Kier alpha value is -0.740. The Bertz CT molecular complexity index is 431. The lowest BCUT2D eigenvalue weighted by Crippen LogP contribution is -2.23. The van der Waals surface area contributed by atoms with E-state index >= 15 is 0 Å². The third-order valence-electron chi connectivity index (χ3n) is 4.41. The van der Waals surface area contributed by atoms with E-state index in [2.05, 4.69) is 26.0 Å². The van der Waals surface area contributed by atoms with Gasteiger partial charge in [0.15, 0.2) is 0 Å². The van der Waals surface area contributed by atoms with Crippen molar-refractivity contribution < 1.29 is 9.53 Å². The zero-order chi connectivity index (χ0) is 15.2. The second-order valence-corrected chi connectivity index (χ2v) is 7.33. The van der Waals surface area contributed by atoms with Crippen LogP contribution in [0.25, 0.3) is 0 Å². The number of carbonyl (C=O) groups excluding carboxylic acids is 1. The van der Waals surface area contributed by atoms with Gasteiger partial charge in [0.1, 0.15) is 6.10 Å². The molecule has 0 radical (unpaired) electrons. The second kappa shape index (κ2) is 8.04. The van der Waals surface area contributed by atoms with Crippen molar-refractivity contribution in [3.8, 4) is 0 Å². The van der Waals surface area contributed by atoms with Gasteiger partial charge in [-0.15, -0.1) is 0 Å². The summed E-state index contributed by atoms with van der Waals surface area (Å²) in [5.41, 5.74) is 8.32. The summed E-state index contributed by atoms with van der Waals surface area (Å²) in [7, 11) is 0. The molecule has 0 spiro atoms. The standard InChI is InChI=1S/C17H27NO2S/c1-12-4-3-5-13(2)10-16-14(7-6-12)15(17(19)20-16)11-21-9-8-18/h4,10,14-16H,3,5-9,11,18H2,1-2H3/b12-4+,13-10+/t14-,15-,16+/m0/s1. The molecular weight excluding hydrogens is 282 g/mol. The molecule has 0 unspecified atom stereocenters. The summed E-state index contributed by atoms with van der Waals surface area (Å²) in [6.07, 6.45) is 8.77. The van der Waals surface area contributed by atoms with Crippen LogP contribution in [0.3, 0.4) is 0 Å². The molecule has 1 aliphatic heterocycles. The molecule has 3 atom stereocenters. The molecule has 0 bridgehead atoms. The summed E-state index contributed by atoms with van der Waals surface area (Å²) in [6, 6.07) is 0. The maximum absolute atomic E-state index is 12.2. The van der Waals surface area contributed by atoms with Gasteiger partial charge in [0.2, 0.25) is 0 Å². The van der Waals surface area contributed by atoms with Gasteiger partial charge in [-0.2, -0.15) is 11.8 Å². The number of hydrogen-bond acceptors (Lipinski definition) is 4. The molecule has 2 aliphatic rings. The molecule has 0 aromatic carbocycles. The van der Waals surface area contributed by atoms with Crippen LogP contribution in [0.2, 0.25) is 0 Å². The summed E-state index contributed by atoms with van der Waals surface area (Å²) in [6.45, 7) is 5.01. The number of thioether (sulfide) groups is 1. The first-order valence-corrected chi connectivity index (χ1v) is 9.08. The third kappa shape index (κ3) is 4.62. The van der Waals surface area contributed by atoms with Gasteiger partial charge in [-0.1, -0.05) is 17.2 Å². The number of esters is 1. The van der Waals surface area contributed by atoms with Gasteiger partial charge in [-0.3, -0.25) is 4.79 Å². The quantitative estimate of drug-likeness (QED) is 0.492. The molecule has 0 saturated carbocycles. The number of carbonyl (C=O) groups is 1. The average molecular weight is 309 g/mol. The van der Waals surface area contributed by atoms with E-state index in [4.69, 9.17) is 10.5 Å². The lowest BCUT2D eigenvalue weighted by molar-refractivity contribution is -0.142. The normalized spacial score (nSPS) is 35.2. The largest absolute Gasteiger partial charge is 0.458 e. The minimum absolute atomic E-state index is 0.0144. The minimum Gasteiger partial charge on any atom is -0.458 e. The first-order chi connectivity index (χ1) is 10.1. The molecule has 1 aliphatic carbocycles. The molecule has 0 aromatic rings. The Morgan fingerprint density at radius 2 is 2.14 bits per heavy atom. The Morgan fingerprint density at radius 3 is 2.90 bits per heavy atom. The van der Waals surface area contributed by atoms with Crippen molar-refractivity contribution in [1.82, 2.24) is 0 Å². The van der Waals surface area contributed by atoms with E-state index in [1.807, 2.05) is 0 Å². The number of rotatable bonds is 4. The second-order valence-electron chi connectivity index (χ2n) is 6.18. The lowest BCUT2D eigenvalue weighted by Gasteiger charge is -2.20. The molecule has 21 heavy (non-hydrogen) atoms. The zero-order valence-corrected chi connectivity index (χ0v) is 14.0. The van der Waals surface area contributed by atoms with Crippen LogP contribution in [-0.4, -0.2) is 30.1 Å². The Labute approximate surface area is 132 Å².